The smallest absolute Gasteiger partial charge is 0.308 e. The second-order valence-corrected chi connectivity index (χ2v) is 6.29. The molecular weight excluding hydrogens is 317 g/mol. The number of aromatic nitrogens is 1. The Hall–Kier alpha value is -2.23. The quantitative estimate of drug-likeness (QED) is 0.352. The highest BCUT2D eigenvalue weighted by atomic mass is 19.1. The zero-order valence-electron chi connectivity index (χ0n) is 15.3. The molecular formula is C21H26FNO2. The van der Waals surface area contributed by atoms with Gasteiger partial charge in [0.15, 0.2) is 0 Å². The van der Waals surface area contributed by atoms with Crippen LogP contribution in [0.1, 0.15) is 57.2 Å². The summed E-state index contributed by atoms with van der Waals surface area (Å²) in [6, 6.07) is 4.35. The van der Waals surface area contributed by atoms with Gasteiger partial charge in [-0.2, -0.15) is 0 Å². The summed E-state index contributed by atoms with van der Waals surface area (Å²) < 4.78 is 18.9. The van der Waals surface area contributed by atoms with Crippen LogP contribution in [-0.4, -0.2) is 11.0 Å². The molecule has 0 aliphatic rings. The first kappa shape index (κ1) is 19.1. The Morgan fingerprint density at radius 3 is 2.76 bits per heavy atom. The number of fused-ring (bicyclic) bond motifs is 1. The number of hydrogen-bond acceptors (Lipinski definition) is 3. The Kier molecular flexibility index (Phi) is 7.11. The summed E-state index contributed by atoms with van der Waals surface area (Å²) in [7, 11) is 0. The maximum absolute atomic E-state index is 13.6. The first-order valence-corrected chi connectivity index (χ1v) is 8.95. The third-order valence-corrected chi connectivity index (χ3v) is 4.18. The molecule has 0 saturated heterocycles. The van der Waals surface area contributed by atoms with E-state index in [0.29, 0.717) is 23.1 Å². The number of benzene rings is 1. The first-order valence-electron chi connectivity index (χ1n) is 8.95. The van der Waals surface area contributed by atoms with Crippen molar-refractivity contribution in [1.29, 1.82) is 0 Å². The lowest BCUT2D eigenvalue weighted by atomic mass is 10.1. The lowest BCUT2D eigenvalue weighted by Gasteiger charge is -2.13. The van der Waals surface area contributed by atoms with E-state index in [4.69, 9.17) is 4.74 Å². The van der Waals surface area contributed by atoms with E-state index in [1.54, 1.807) is 6.07 Å². The van der Waals surface area contributed by atoms with Crippen LogP contribution in [0, 0.1) is 12.7 Å². The van der Waals surface area contributed by atoms with Crippen LogP contribution in [0.5, 0.6) is 5.75 Å². The number of halogens is 1. The summed E-state index contributed by atoms with van der Waals surface area (Å²) in [5.74, 6) is -0.387. The summed E-state index contributed by atoms with van der Waals surface area (Å²) >= 11 is 0. The van der Waals surface area contributed by atoms with Crippen LogP contribution < -0.4 is 4.74 Å². The van der Waals surface area contributed by atoms with Gasteiger partial charge in [0.05, 0.1) is 11.2 Å². The van der Waals surface area contributed by atoms with Crippen LogP contribution in [-0.2, 0) is 11.2 Å². The van der Waals surface area contributed by atoms with Crippen molar-refractivity contribution in [2.75, 3.05) is 0 Å². The van der Waals surface area contributed by atoms with Crippen molar-refractivity contribution in [2.24, 2.45) is 0 Å². The molecule has 0 radical (unpaired) electrons. The van der Waals surface area contributed by atoms with Gasteiger partial charge in [0.2, 0.25) is 0 Å². The van der Waals surface area contributed by atoms with Gasteiger partial charge in [-0.05, 0) is 38.0 Å². The van der Waals surface area contributed by atoms with E-state index in [9.17, 15) is 9.18 Å². The van der Waals surface area contributed by atoms with Gasteiger partial charge in [-0.1, -0.05) is 38.3 Å². The summed E-state index contributed by atoms with van der Waals surface area (Å²) in [6.45, 7) is 5.41. The highest BCUT2D eigenvalue weighted by Gasteiger charge is 2.14. The van der Waals surface area contributed by atoms with E-state index < -0.39 is 5.97 Å². The van der Waals surface area contributed by atoms with E-state index >= 15 is 0 Å². The maximum Gasteiger partial charge on any atom is 0.308 e. The van der Waals surface area contributed by atoms with Crippen molar-refractivity contribution >= 4 is 16.9 Å². The molecule has 25 heavy (non-hydrogen) atoms. The first-order chi connectivity index (χ1) is 12.0. The number of carbonyl (C=O) groups is 1. The number of nitrogens with zero attached hydrogens (tertiary/aromatic N) is 1. The second-order valence-electron chi connectivity index (χ2n) is 6.29. The topological polar surface area (TPSA) is 39.2 Å². The highest BCUT2D eigenvalue weighted by molar-refractivity contribution is 5.89. The molecule has 0 bridgehead atoms. The highest BCUT2D eigenvalue weighted by Crippen LogP contribution is 2.31. The summed E-state index contributed by atoms with van der Waals surface area (Å²) in [5, 5.41) is 0.528. The SMILES string of the molecule is CCCCCC/C=C/Cc1nc2ccc(F)cc2c(OC(C)=O)c1C. The largest absolute Gasteiger partial charge is 0.426 e. The van der Waals surface area contributed by atoms with Gasteiger partial charge >= 0.3 is 5.97 Å². The van der Waals surface area contributed by atoms with E-state index in [2.05, 4.69) is 24.1 Å². The maximum atomic E-state index is 13.6. The predicted molar refractivity (Wildman–Crippen MR) is 99.4 cm³/mol. The fourth-order valence-corrected chi connectivity index (χ4v) is 2.83. The molecule has 1 heterocycles. The monoisotopic (exact) mass is 343 g/mol. The molecule has 0 spiro atoms. The minimum atomic E-state index is -0.419. The fraction of sp³-hybridized carbons (Fsp3) is 0.429. The minimum absolute atomic E-state index is 0.373. The van der Waals surface area contributed by atoms with Crippen LogP contribution in [0.25, 0.3) is 10.9 Å². The molecule has 134 valence electrons. The van der Waals surface area contributed by atoms with Crippen molar-refractivity contribution in [3.05, 3.63) is 47.4 Å². The van der Waals surface area contributed by atoms with Crippen LogP contribution in [0.4, 0.5) is 4.39 Å². The van der Waals surface area contributed by atoms with Crippen molar-refractivity contribution in [1.82, 2.24) is 4.98 Å². The number of rotatable bonds is 8. The average molecular weight is 343 g/mol. The standard InChI is InChI=1S/C21H26FNO2/c1-4-5-6-7-8-9-10-11-19-15(2)21(25-16(3)24)18-14-17(22)12-13-20(18)23-19/h9-10,12-14H,4-8,11H2,1-3H3/b10-9+. The van der Waals surface area contributed by atoms with E-state index in [1.165, 1.54) is 44.7 Å². The van der Waals surface area contributed by atoms with Gasteiger partial charge in [-0.3, -0.25) is 9.78 Å². The molecule has 0 N–H and O–H groups in total. The Balaban J connectivity index is 2.22. The minimum Gasteiger partial charge on any atom is -0.426 e. The molecule has 0 amide bonds. The molecule has 4 heteroatoms. The van der Waals surface area contributed by atoms with Crippen molar-refractivity contribution in [2.45, 2.75) is 59.3 Å². The van der Waals surface area contributed by atoms with E-state index in [0.717, 1.165) is 17.7 Å². The number of pyridine rings is 1. The Labute approximate surface area is 148 Å². The average Bonchev–Trinajstić information content (AvgIpc) is 2.57. The molecule has 0 unspecified atom stereocenters. The lowest BCUT2D eigenvalue weighted by molar-refractivity contribution is -0.131. The summed E-state index contributed by atoms with van der Waals surface area (Å²) in [5.41, 5.74) is 2.26. The Bertz CT molecular complexity index is 768. The molecule has 0 aliphatic heterocycles. The van der Waals surface area contributed by atoms with Crippen LogP contribution in [0.2, 0.25) is 0 Å². The summed E-state index contributed by atoms with van der Waals surface area (Å²) in [4.78, 5) is 16.1. The molecule has 3 nitrogen and oxygen atoms in total. The van der Waals surface area contributed by atoms with Crippen LogP contribution >= 0.6 is 0 Å². The zero-order chi connectivity index (χ0) is 18.2. The Morgan fingerprint density at radius 2 is 2.04 bits per heavy atom. The molecule has 0 atom stereocenters. The van der Waals surface area contributed by atoms with Gasteiger partial charge in [0, 0.05) is 24.3 Å². The fourth-order valence-electron chi connectivity index (χ4n) is 2.83. The van der Waals surface area contributed by atoms with Gasteiger partial charge in [0.25, 0.3) is 0 Å². The molecule has 0 fully saturated rings. The number of allylic oxidation sites excluding steroid dienone is 2. The second kappa shape index (κ2) is 9.30. The van der Waals surface area contributed by atoms with Crippen molar-refractivity contribution in [3.63, 3.8) is 0 Å². The van der Waals surface area contributed by atoms with Crippen molar-refractivity contribution < 1.29 is 13.9 Å². The Morgan fingerprint density at radius 1 is 1.24 bits per heavy atom. The van der Waals surface area contributed by atoms with E-state index in [1.807, 2.05) is 6.92 Å². The normalized spacial score (nSPS) is 11.4. The molecule has 0 aliphatic carbocycles. The molecule has 1 aromatic carbocycles. The third-order valence-electron chi connectivity index (χ3n) is 4.18. The van der Waals surface area contributed by atoms with Crippen LogP contribution in [0.15, 0.2) is 30.4 Å². The lowest BCUT2D eigenvalue weighted by Crippen LogP contribution is -2.06. The van der Waals surface area contributed by atoms with Gasteiger partial charge < -0.3 is 4.74 Å². The number of carbonyl (C=O) groups excluding carboxylic acids is 1. The zero-order valence-corrected chi connectivity index (χ0v) is 15.3. The van der Waals surface area contributed by atoms with Crippen molar-refractivity contribution in [3.8, 4) is 5.75 Å². The number of ether oxygens (including phenoxy) is 1. The molecule has 1 aromatic heterocycles. The number of unbranched alkanes of at least 4 members (excludes halogenated alkanes) is 4. The molecule has 0 saturated carbocycles. The number of esters is 1. The molecule has 2 rings (SSSR count). The third kappa shape index (κ3) is 5.38. The predicted octanol–water partition coefficient (Wildman–Crippen LogP) is 5.68. The molecule has 2 aromatic rings. The number of hydrogen-bond donors (Lipinski definition) is 0. The van der Waals surface area contributed by atoms with Gasteiger partial charge in [-0.25, -0.2) is 4.39 Å². The van der Waals surface area contributed by atoms with Crippen LogP contribution in [0.3, 0.4) is 0 Å². The summed E-state index contributed by atoms with van der Waals surface area (Å²) in [6.07, 6.45) is 11.0. The van der Waals surface area contributed by atoms with Gasteiger partial charge in [-0.15, -0.1) is 0 Å². The van der Waals surface area contributed by atoms with E-state index in [-0.39, 0.29) is 5.82 Å². The van der Waals surface area contributed by atoms with Gasteiger partial charge in [0.1, 0.15) is 11.6 Å².